The highest BCUT2D eigenvalue weighted by atomic mass is 16.5. The number of hydrogen-bond donors (Lipinski definition) is 2. The summed E-state index contributed by atoms with van der Waals surface area (Å²) in [7, 11) is 1.75. The Morgan fingerprint density at radius 2 is 1.76 bits per heavy atom. The quantitative estimate of drug-likeness (QED) is 0.723. The topological polar surface area (TPSA) is 64.3 Å². The monoisotopic (exact) mass is 296 g/mol. The Labute approximate surface area is 129 Å². The van der Waals surface area contributed by atoms with E-state index in [9.17, 15) is 4.79 Å². The third kappa shape index (κ3) is 4.43. The molecule has 4 nitrogen and oxygen atoms in total. The number of carbonyl (C=O) groups is 1. The number of nitrogens with two attached hydrogens (primary N) is 1. The van der Waals surface area contributed by atoms with Crippen LogP contribution in [0.15, 0.2) is 0 Å². The van der Waals surface area contributed by atoms with E-state index in [4.69, 9.17) is 10.5 Å². The summed E-state index contributed by atoms with van der Waals surface area (Å²) in [6.45, 7) is 2.26. The van der Waals surface area contributed by atoms with Gasteiger partial charge in [-0.25, -0.2) is 0 Å². The number of rotatable bonds is 8. The van der Waals surface area contributed by atoms with Crippen molar-refractivity contribution >= 4 is 5.91 Å². The fourth-order valence-electron chi connectivity index (χ4n) is 3.95. The second-order valence-electron chi connectivity index (χ2n) is 7.31. The Hall–Kier alpha value is -0.610. The van der Waals surface area contributed by atoms with Crippen molar-refractivity contribution in [3.8, 4) is 0 Å². The minimum absolute atomic E-state index is 0.0711. The van der Waals surface area contributed by atoms with E-state index in [0.29, 0.717) is 18.4 Å². The molecule has 0 aromatic carbocycles. The van der Waals surface area contributed by atoms with Gasteiger partial charge in [0.25, 0.3) is 0 Å². The van der Waals surface area contributed by atoms with Crippen LogP contribution in [0.5, 0.6) is 0 Å². The van der Waals surface area contributed by atoms with Gasteiger partial charge in [-0.2, -0.15) is 0 Å². The van der Waals surface area contributed by atoms with Crippen LogP contribution < -0.4 is 11.1 Å². The van der Waals surface area contributed by atoms with E-state index >= 15 is 0 Å². The molecule has 2 fully saturated rings. The number of nitrogens with one attached hydrogen (secondary N) is 1. The maximum absolute atomic E-state index is 12.3. The van der Waals surface area contributed by atoms with Gasteiger partial charge in [0.2, 0.25) is 5.91 Å². The van der Waals surface area contributed by atoms with Crippen LogP contribution in [0, 0.1) is 10.8 Å². The summed E-state index contributed by atoms with van der Waals surface area (Å²) >= 11 is 0. The molecule has 2 saturated carbocycles. The van der Waals surface area contributed by atoms with Crippen molar-refractivity contribution in [3.63, 3.8) is 0 Å². The maximum Gasteiger partial charge on any atom is 0.220 e. The van der Waals surface area contributed by atoms with Crippen LogP contribution >= 0.6 is 0 Å². The van der Waals surface area contributed by atoms with E-state index in [-0.39, 0.29) is 11.3 Å². The van der Waals surface area contributed by atoms with Gasteiger partial charge in [-0.15, -0.1) is 0 Å². The minimum Gasteiger partial charge on any atom is -0.385 e. The van der Waals surface area contributed by atoms with Crippen molar-refractivity contribution in [2.45, 2.75) is 64.2 Å². The number of carbonyl (C=O) groups excluding carboxylic acids is 1. The van der Waals surface area contributed by atoms with E-state index in [1.54, 1.807) is 7.11 Å². The summed E-state index contributed by atoms with van der Waals surface area (Å²) in [4.78, 5) is 12.3. The van der Waals surface area contributed by atoms with Crippen molar-refractivity contribution in [1.29, 1.82) is 0 Å². The van der Waals surface area contributed by atoms with Crippen molar-refractivity contribution in [2.24, 2.45) is 16.6 Å². The lowest BCUT2D eigenvalue weighted by Crippen LogP contribution is -2.45. The van der Waals surface area contributed by atoms with Gasteiger partial charge in [0.15, 0.2) is 0 Å². The molecule has 0 aromatic rings. The first-order valence-electron chi connectivity index (χ1n) is 8.59. The van der Waals surface area contributed by atoms with Gasteiger partial charge in [-0.05, 0) is 49.5 Å². The Balaban J connectivity index is 1.78. The summed E-state index contributed by atoms with van der Waals surface area (Å²) in [5.41, 5.74) is 6.35. The Bertz CT molecular complexity index is 334. The molecular weight excluding hydrogens is 264 g/mol. The summed E-state index contributed by atoms with van der Waals surface area (Å²) in [5.74, 6) is 0.200. The summed E-state index contributed by atoms with van der Waals surface area (Å²) in [6, 6.07) is 0. The summed E-state index contributed by atoms with van der Waals surface area (Å²) < 4.78 is 5.21. The SMILES string of the molecule is COCCC1(CNC(=O)CC2(CN)CCCCC2)CCC1. The third-order valence-electron chi connectivity index (χ3n) is 5.79. The standard InChI is InChI=1S/C17H32N2O2/c1-21-11-10-16(8-5-9-16)14-19-15(20)12-17(13-18)6-3-2-4-7-17/h2-14,18H2,1H3,(H,19,20). The van der Waals surface area contributed by atoms with Crippen LogP contribution in [0.2, 0.25) is 0 Å². The molecule has 2 aliphatic rings. The maximum atomic E-state index is 12.3. The molecule has 0 spiro atoms. The molecule has 0 aliphatic heterocycles. The van der Waals surface area contributed by atoms with Crippen LogP contribution in [-0.2, 0) is 9.53 Å². The van der Waals surface area contributed by atoms with E-state index in [1.165, 1.54) is 38.5 Å². The average Bonchev–Trinajstić information content (AvgIpc) is 2.47. The smallest absolute Gasteiger partial charge is 0.220 e. The van der Waals surface area contributed by atoms with E-state index in [2.05, 4.69) is 5.32 Å². The lowest BCUT2D eigenvalue weighted by molar-refractivity contribution is -0.124. The first-order valence-corrected chi connectivity index (χ1v) is 8.59. The molecule has 122 valence electrons. The molecule has 0 unspecified atom stereocenters. The number of ether oxygens (including phenoxy) is 1. The van der Waals surface area contributed by atoms with Gasteiger partial charge < -0.3 is 15.8 Å². The first-order chi connectivity index (χ1) is 10.1. The van der Waals surface area contributed by atoms with Crippen molar-refractivity contribution < 1.29 is 9.53 Å². The molecule has 4 heteroatoms. The van der Waals surface area contributed by atoms with Gasteiger partial charge in [0.05, 0.1) is 0 Å². The minimum atomic E-state index is 0.0711. The number of hydrogen-bond acceptors (Lipinski definition) is 3. The summed E-state index contributed by atoms with van der Waals surface area (Å²) in [5, 5.41) is 3.19. The zero-order chi connectivity index (χ0) is 15.2. The molecule has 21 heavy (non-hydrogen) atoms. The van der Waals surface area contributed by atoms with Gasteiger partial charge in [-0.3, -0.25) is 4.79 Å². The largest absolute Gasteiger partial charge is 0.385 e. The Morgan fingerprint density at radius 1 is 1.10 bits per heavy atom. The number of amides is 1. The highest BCUT2D eigenvalue weighted by Gasteiger charge is 2.38. The number of methoxy groups -OCH3 is 1. The molecule has 0 saturated heterocycles. The van der Waals surface area contributed by atoms with Gasteiger partial charge in [0, 0.05) is 26.7 Å². The second-order valence-corrected chi connectivity index (χ2v) is 7.31. The highest BCUT2D eigenvalue weighted by molar-refractivity contribution is 5.76. The molecule has 0 aromatic heterocycles. The van der Waals surface area contributed by atoms with E-state index in [1.807, 2.05) is 0 Å². The van der Waals surface area contributed by atoms with Crippen LogP contribution in [0.25, 0.3) is 0 Å². The van der Waals surface area contributed by atoms with Gasteiger partial charge in [-0.1, -0.05) is 25.7 Å². The van der Waals surface area contributed by atoms with E-state index in [0.717, 1.165) is 32.4 Å². The van der Waals surface area contributed by atoms with Crippen LogP contribution in [0.1, 0.15) is 64.2 Å². The van der Waals surface area contributed by atoms with Gasteiger partial charge in [0.1, 0.15) is 0 Å². The molecular formula is C17H32N2O2. The Kier molecular flexibility index (Phi) is 6.06. The molecule has 3 N–H and O–H groups in total. The Morgan fingerprint density at radius 3 is 2.29 bits per heavy atom. The van der Waals surface area contributed by atoms with Crippen molar-refractivity contribution in [2.75, 3.05) is 26.8 Å². The van der Waals surface area contributed by atoms with Gasteiger partial charge >= 0.3 is 0 Å². The predicted molar refractivity (Wildman–Crippen MR) is 85.0 cm³/mol. The van der Waals surface area contributed by atoms with Crippen molar-refractivity contribution in [3.05, 3.63) is 0 Å². The normalized spacial score (nSPS) is 23.3. The van der Waals surface area contributed by atoms with E-state index < -0.39 is 0 Å². The fraction of sp³-hybridized carbons (Fsp3) is 0.941. The van der Waals surface area contributed by atoms with Crippen molar-refractivity contribution in [1.82, 2.24) is 5.32 Å². The predicted octanol–water partition coefficient (Wildman–Crippen LogP) is 2.61. The fourth-order valence-corrected chi connectivity index (χ4v) is 3.95. The molecule has 2 aliphatic carbocycles. The molecule has 1 amide bonds. The molecule has 0 atom stereocenters. The lowest BCUT2D eigenvalue weighted by atomic mass is 9.66. The molecule has 0 heterocycles. The summed E-state index contributed by atoms with van der Waals surface area (Å²) in [6.07, 6.45) is 11.4. The third-order valence-corrected chi connectivity index (χ3v) is 5.79. The van der Waals surface area contributed by atoms with Crippen LogP contribution in [0.3, 0.4) is 0 Å². The average molecular weight is 296 g/mol. The molecule has 0 bridgehead atoms. The molecule has 0 radical (unpaired) electrons. The highest BCUT2D eigenvalue weighted by Crippen LogP contribution is 2.43. The lowest BCUT2D eigenvalue weighted by Gasteiger charge is -2.42. The van der Waals surface area contributed by atoms with Crippen LogP contribution in [-0.4, -0.2) is 32.7 Å². The zero-order valence-corrected chi connectivity index (χ0v) is 13.6. The second kappa shape index (κ2) is 7.59. The first kappa shape index (κ1) is 16.8. The zero-order valence-electron chi connectivity index (χ0n) is 13.6. The van der Waals surface area contributed by atoms with Crippen LogP contribution in [0.4, 0.5) is 0 Å². The molecule has 2 rings (SSSR count).